The van der Waals surface area contributed by atoms with Crippen LogP contribution in [0.5, 0.6) is 0 Å². The fourth-order valence-corrected chi connectivity index (χ4v) is 2.93. The number of piperidine rings is 1. The first-order valence-electron chi connectivity index (χ1n) is 7.51. The van der Waals surface area contributed by atoms with E-state index >= 15 is 0 Å². The quantitative estimate of drug-likeness (QED) is 0.757. The van der Waals surface area contributed by atoms with E-state index in [1.54, 1.807) is 0 Å². The van der Waals surface area contributed by atoms with Gasteiger partial charge < -0.3 is 10.1 Å². The molecule has 1 heterocycles. The van der Waals surface area contributed by atoms with Crippen LogP contribution in [0.1, 0.15) is 40.5 Å². The zero-order valence-electron chi connectivity index (χ0n) is 12.9. The lowest BCUT2D eigenvalue weighted by Gasteiger charge is -2.40. The van der Waals surface area contributed by atoms with Crippen molar-refractivity contribution < 1.29 is 4.74 Å². The van der Waals surface area contributed by atoms with Crippen molar-refractivity contribution in [3.8, 4) is 0 Å². The Bertz CT molecular complexity index is 213. The molecule has 0 bridgehead atoms. The van der Waals surface area contributed by atoms with E-state index in [4.69, 9.17) is 4.74 Å². The lowest BCUT2D eigenvalue weighted by Crippen LogP contribution is -2.49. The molecule has 0 spiro atoms. The molecule has 0 aromatic carbocycles. The van der Waals surface area contributed by atoms with E-state index in [9.17, 15) is 0 Å². The smallest absolute Gasteiger partial charge is 0.0620 e. The third-order valence-corrected chi connectivity index (χ3v) is 4.12. The van der Waals surface area contributed by atoms with Gasteiger partial charge in [-0.2, -0.15) is 0 Å². The highest BCUT2D eigenvalue weighted by atomic mass is 16.5. The first-order chi connectivity index (χ1) is 8.56. The third kappa shape index (κ3) is 4.87. The van der Waals surface area contributed by atoms with Crippen LogP contribution in [0.2, 0.25) is 0 Å². The minimum atomic E-state index is 0.546. The van der Waals surface area contributed by atoms with Crippen LogP contribution in [0, 0.1) is 11.8 Å². The highest BCUT2D eigenvalue weighted by molar-refractivity contribution is 4.81. The van der Waals surface area contributed by atoms with Gasteiger partial charge in [0.1, 0.15) is 0 Å². The van der Waals surface area contributed by atoms with Gasteiger partial charge in [-0.25, -0.2) is 0 Å². The molecule has 3 heteroatoms. The van der Waals surface area contributed by atoms with Gasteiger partial charge in [0.2, 0.25) is 0 Å². The second-order valence-electron chi connectivity index (χ2n) is 6.25. The molecule has 0 radical (unpaired) electrons. The summed E-state index contributed by atoms with van der Waals surface area (Å²) in [7, 11) is 1.82. The highest BCUT2D eigenvalue weighted by Crippen LogP contribution is 2.20. The summed E-state index contributed by atoms with van der Waals surface area (Å²) >= 11 is 0. The molecule has 0 aromatic heterocycles. The molecule has 3 nitrogen and oxygen atoms in total. The molecule has 1 saturated heterocycles. The number of hydrogen-bond donors (Lipinski definition) is 1. The van der Waals surface area contributed by atoms with E-state index in [1.807, 2.05) is 7.11 Å². The lowest BCUT2D eigenvalue weighted by atomic mass is 9.94. The molecule has 108 valence electrons. The van der Waals surface area contributed by atoms with Crippen LogP contribution in [0.15, 0.2) is 0 Å². The number of methoxy groups -OCH3 is 1. The Morgan fingerprint density at radius 2 is 1.78 bits per heavy atom. The van der Waals surface area contributed by atoms with Crippen molar-refractivity contribution in [1.82, 2.24) is 10.2 Å². The third-order valence-electron chi connectivity index (χ3n) is 4.12. The summed E-state index contributed by atoms with van der Waals surface area (Å²) in [5.41, 5.74) is 0. The second kappa shape index (κ2) is 8.13. The van der Waals surface area contributed by atoms with E-state index in [-0.39, 0.29) is 0 Å². The molecule has 1 unspecified atom stereocenters. The van der Waals surface area contributed by atoms with Crippen molar-refractivity contribution in [2.45, 2.75) is 52.6 Å². The summed E-state index contributed by atoms with van der Waals surface area (Å²) < 4.78 is 5.43. The van der Waals surface area contributed by atoms with Crippen LogP contribution >= 0.6 is 0 Å². The molecule has 0 aromatic rings. The van der Waals surface area contributed by atoms with Crippen LogP contribution in [0.25, 0.3) is 0 Å². The van der Waals surface area contributed by atoms with Crippen molar-refractivity contribution >= 4 is 0 Å². The minimum Gasteiger partial charge on any atom is -0.383 e. The summed E-state index contributed by atoms with van der Waals surface area (Å²) in [5, 5.41) is 3.45. The number of nitrogens with zero attached hydrogens (tertiary/aromatic N) is 1. The van der Waals surface area contributed by atoms with Crippen molar-refractivity contribution in [2.24, 2.45) is 11.8 Å². The summed E-state index contributed by atoms with van der Waals surface area (Å²) in [6, 6.07) is 1.15. The molecule has 1 aliphatic rings. The van der Waals surface area contributed by atoms with E-state index in [1.165, 1.54) is 32.5 Å². The van der Waals surface area contributed by atoms with Crippen LogP contribution in [0.3, 0.4) is 0 Å². The molecule has 1 rings (SSSR count). The van der Waals surface area contributed by atoms with Crippen molar-refractivity contribution in [2.75, 3.05) is 33.4 Å². The van der Waals surface area contributed by atoms with Gasteiger partial charge in [-0.1, -0.05) is 13.8 Å². The number of rotatable bonds is 7. The van der Waals surface area contributed by atoms with Crippen LogP contribution in [-0.2, 0) is 4.74 Å². The van der Waals surface area contributed by atoms with Gasteiger partial charge in [-0.15, -0.1) is 0 Å². The minimum absolute atomic E-state index is 0.546. The van der Waals surface area contributed by atoms with Gasteiger partial charge >= 0.3 is 0 Å². The van der Waals surface area contributed by atoms with Crippen molar-refractivity contribution in [3.63, 3.8) is 0 Å². The zero-order chi connectivity index (χ0) is 13.5. The fourth-order valence-electron chi connectivity index (χ4n) is 2.93. The molecular formula is C15H32N2O. The van der Waals surface area contributed by atoms with E-state index in [0.717, 1.165) is 12.5 Å². The van der Waals surface area contributed by atoms with E-state index in [2.05, 4.69) is 37.9 Å². The summed E-state index contributed by atoms with van der Waals surface area (Å²) in [4.78, 5) is 2.66. The van der Waals surface area contributed by atoms with Gasteiger partial charge in [0.25, 0.3) is 0 Å². The van der Waals surface area contributed by atoms with Crippen LogP contribution in [0.4, 0.5) is 0 Å². The summed E-state index contributed by atoms with van der Waals surface area (Å²) in [5.74, 6) is 1.50. The Kier molecular flexibility index (Phi) is 7.20. The molecule has 18 heavy (non-hydrogen) atoms. The number of nitrogens with one attached hydrogen (secondary N) is 1. The van der Waals surface area contributed by atoms with Gasteiger partial charge in [0, 0.05) is 25.7 Å². The van der Waals surface area contributed by atoms with E-state index < -0.39 is 0 Å². The monoisotopic (exact) mass is 256 g/mol. The first-order valence-corrected chi connectivity index (χ1v) is 7.51. The van der Waals surface area contributed by atoms with Crippen LogP contribution in [-0.4, -0.2) is 50.3 Å². The number of ether oxygens (including phenoxy) is 1. The predicted octanol–water partition coefficient (Wildman–Crippen LogP) is 2.37. The van der Waals surface area contributed by atoms with Gasteiger partial charge in [-0.05, 0) is 51.6 Å². The van der Waals surface area contributed by atoms with Gasteiger partial charge in [0.05, 0.1) is 6.61 Å². The molecule has 0 saturated carbocycles. The molecule has 0 aliphatic carbocycles. The standard InChI is InChI=1S/C15H32N2O/c1-12(2)15(11-18-5)17(13(3)4)10-14-6-8-16-9-7-14/h12-16H,6-11H2,1-5H3. The SMILES string of the molecule is COCC(C(C)C)N(CC1CCNCC1)C(C)C. The molecule has 1 atom stereocenters. The second-order valence-corrected chi connectivity index (χ2v) is 6.25. The zero-order valence-corrected chi connectivity index (χ0v) is 12.9. The molecule has 1 N–H and O–H groups in total. The Morgan fingerprint density at radius 3 is 2.22 bits per heavy atom. The van der Waals surface area contributed by atoms with E-state index in [0.29, 0.717) is 18.0 Å². The Morgan fingerprint density at radius 1 is 1.17 bits per heavy atom. The van der Waals surface area contributed by atoms with Crippen molar-refractivity contribution in [3.05, 3.63) is 0 Å². The normalized spacial score (nSPS) is 20.0. The Balaban J connectivity index is 2.60. The fraction of sp³-hybridized carbons (Fsp3) is 1.00. The average Bonchev–Trinajstić information content (AvgIpc) is 2.34. The van der Waals surface area contributed by atoms with Gasteiger partial charge in [0.15, 0.2) is 0 Å². The predicted molar refractivity (Wildman–Crippen MR) is 77.9 cm³/mol. The maximum atomic E-state index is 5.43. The maximum absolute atomic E-state index is 5.43. The highest BCUT2D eigenvalue weighted by Gasteiger charge is 2.27. The largest absolute Gasteiger partial charge is 0.383 e. The molecular weight excluding hydrogens is 224 g/mol. The lowest BCUT2D eigenvalue weighted by molar-refractivity contribution is 0.0310. The summed E-state index contributed by atoms with van der Waals surface area (Å²) in [6.45, 7) is 13.7. The van der Waals surface area contributed by atoms with Crippen molar-refractivity contribution in [1.29, 1.82) is 0 Å². The topological polar surface area (TPSA) is 24.5 Å². The summed E-state index contributed by atoms with van der Waals surface area (Å²) in [6.07, 6.45) is 2.64. The van der Waals surface area contributed by atoms with Gasteiger partial charge in [-0.3, -0.25) is 4.90 Å². The Hall–Kier alpha value is -0.120. The molecule has 1 aliphatic heterocycles. The first kappa shape index (κ1) is 15.9. The number of hydrogen-bond acceptors (Lipinski definition) is 3. The molecule has 1 fully saturated rings. The molecule has 0 amide bonds. The Labute approximate surface area is 113 Å². The van der Waals surface area contributed by atoms with Crippen LogP contribution < -0.4 is 5.32 Å². The average molecular weight is 256 g/mol. The maximum Gasteiger partial charge on any atom is 0.0620 e.